The summed E-state index contributed by atoms with van der Waals surface area (Å²) in [5, 5.41) is 21.9. The summed E-state index contributed by atoms with van der Waals surface area (Å²) in [6.45, 7) is -0.192. The summed E-state index contributed by atoms with van der Waals surface area (Å²) in [6, 6.07) is 0. The molecule has 0 radical (unpaired) electrons. The summed E-state index contributed by atoms with van der Waals surface area (Å²) in [5.74, 6) is 0.742. The van der Waals surface area contributed by atoms with Gasteiger partial charge >= 0.3 is 0 Å². The van der Waals surface area contributed by atoms with E-state index >= 15 is 0 Å². The van der Waals surface area contributed by atoms with E-state index in [1.54, 1.807) is 6.34 Å². The maximum Gasteiger partial charge on any atom is 0.144 e. The molecule has 1 saturated heterocycles. The molecule has 0 spiro atoms. The zero-order valence-corrected chi connectivity index (χ0v) is 12.2. The Kier molecular flexibility index (Phi) is 3.52. The van der Waals surface area contributed by atoms with Gasteiger partial charge in [0.1, 0.15) is 24.3 Å². The molecule has 104 valence electrons. The number of halogens is 1. The molecule has 0 amide bonds. The van der Waals surface area contributed by atoms with E-state index in [2.05, 4.69) is 32.9 Å². The lowest BCUT2D eigenvalue weighted by molar-refractivity contribution is -0.0437. The van der Waals surface area contributed by atoms with E-state index in [0.29, 0.717) is 6.42 Å². The Morgan fingerprint density at radius 1 is 1.63 bits per heavy atom. The van der Waals surface area contributed by atoms with Crippen LogP contribution in [0.4, 0.5) is 5.82 Å². The summed E-state index contributed by atoms with van der Waals surface area (Å²) in [4.78, 5) is 4.30. The summed E-state index contributed by atoms with van der Waals surface area (Å²) in [5.41, 5.74) is 6.91. The number of nitrogens with zero attached hydrogens (tertiary/aromatic N) is 2. The minimum atomic E-state index is -0.662. The van der Waals surface area contributed by atoms with E-state index in [-0.39, 0.29) is 19.0 Å². The third-order valence-electron chi connectivity index (χ3n) is 3.44. The van der Waals surface area contributed by atoms with Crippen LogP contribution in [0.3, 0.4) is 0 Å². The van der Waals surface area contributed by atoms with E-state index in [9.17, 15) is 5.11 Å². The van der Waals surface area contributed by atoms with Gasteiger partial charge in [0, 0.05) is 21.8 Å². The molecule has 0 aromatic carbocycles. The van der Waals surface area contributed by atoms with Gasteiger partial charge in [0.15, 0.2) is 0 Å². The van der Waals surface area contributed by atoms with Gasteiger partial charge in [-0.05, 0) is 22.6 Å². The van der Waals surface area contributed by atoms with Crippen molar-refractivity contribution in [3.05, 3.63) is 15.3 Å². The Labute approximate surface area is 123 Å². The highest BCUT2D eigenvalue weighted by atomic mass is 127. The smallest absolute Gasteiger partial charge is 0.144 e. The first-order chi connectivity index (χ1) is 9.11. The van der Waals surface area contributed by atoms with Crippen LogP contribution in [0.2, 0.25) is 0 Å². The molecular weight excluding hydrogens is 363 g/mol. The molecule has 2 aliphatic rings. The number of aliphatic imine (C=N–C) groups is 1. The Bertz CT molecular complexity index is 518. The average molecular weight is 378 g/mol. The maximum atomic E-state index is 9.81. The summed E-state index contributed by atoms with van der Waals surface area (Å²) >= 11 is 2.20. The SMILES string of the molecule is NC1NC=Nc2c1c(I)cn2C1CC(O)C(CO)O1. The molecule has 2 aliphatic heterocycles. The third kappa shape index (κ3) is 2.17. The molecule has 0 bridgehead atoms. The van der Waals surface area contributed by atoms with Crippen LogP contribution in [0.15, 0.2) is 11.2 Å². The number of nitrogens with one attached hydrogen (secondary N) is 1. The topological polar surface area (TPSA) is 105 Å². The van der Waals surface area contributed by atoms with E-state index < -0.39 is 12.2 Å². The largest absolute Gasteiger partial charge is 0.394 e. The monoisotopic (exact) mass is 378 g/mol. The first kappa shape index (κ1) is 13.3. The fourth-order valence-electron chi connectivity index (χ4n) is 2.45. The van der Waals surface area contributed by atoms with E-state index in [0.717, 1.165) is 15.0 Å². The van der Waals surface area contributed by atoms with Crippen molar-refractivity contribution >= 4 is 34.7 Å². The minimum absolute atomic E-state index is 0.192. The lowest BCUT2D eigenvalue weighted by Crippen LogP contribution is -2.30. The van der Waals surface area contributed by atoms with Crippen LogP contribution in [0.5, 0.6) is 0 Å². The molecule has 8 heteroatoms. The number of rotatable bonds is 2. The maximum absolute atomic E-state index is 9.81. The van der Waals surface area contributed by atoms with Crippen molar-refractivity contribution in [2.75, 3.05) is 6.61 Å². The van der Waals surface area contributed by atoms with Crippen molar-refractivity contribution in [1.29, 1.82) is 0 Å². The zero-order valence-electron chi connectivity index (χ0n) is 10.0. The summed E-state index contributed by atoms with van der Waals surface area (Å²) < 4.78 is 8.51. The summed E-state index contributed by atoms with van der Waals surface area (Å²) in [6.07, 6.45) is 2.08. The second kappa shape index (κ2) is 5.02. The van der Waals surface area contributed by atoms with Gasteiger partial charge in [0.05, 0.1) is 19.0 Å². The van der Waals surface area contributed by atoms with Gasteiger partial charge in [-0.1, -0.05) is 0 Å². The highest BCUT2D eigenvalue weighted by Crippen LogP contribution is 2.38. The molecule has 1 fully saturated rings. The molecule has 1 aromatic rings. The second-order valence-corrected chi connectivity index (χ2v) is 5.80. The van der Waals surface area contributed by atoms with Gasteiger partial charge in [-0.3, -0.25) is 0 Å². The fourth-order valence-corrected chi connectivity index (χ4v) is 3.33. The molecule has 3 heterocycles. The van der Waals surface area contributed by atoms with Crippen molar-refractivity contribution in [3.8, 4) is 0 Å². The predicted octanol–water partition coefficient (Wildman–Crippen LogP) is -0.0463. The number of nitrogens with two attached hydrogens (primary N) is 1. The number of fused-ring (bicyclic) bond motifs is 1. The van der Waals surface area contributed by atoms with Crippen molar-refractivity contribution in [2.45, 2.75) is 31.0 Å². The van der Waals surface area contributed by atoms with Crippen LogP contribution in [-0.4, -0.2) is 39.9 Å². The number of hydrogen-bond donors (Lipinski definition) is 4. The van der Waals surface area contributed by atoms with Crippen molar-refractivity contribution in [2.24, 2.45) is 10.7 Å². The van der Waals surface area contributed by atoms with E-state index in [1.165, 1.54) is 0 Å². The standard InChI is InChI=1S/C11H15IN4O3/c12-5-2-16(8-1-6(18)7(3-17)19-8)11-9(5)10(13)14-4-15-11/h2,4,6-8,10,17-18H,1,3,13H2,(H,14,15). The number of ether oxygens (including phenoxy) is 1. The normalized spacial score (nSPS) is 33.3. The first-order valence-corrected chi connectivity index (χ1v) is 7.08. The van der Waals surface area contributed by atoms with Gasteiger partial charge in [0.25, 0.3) is 0 Å². The quantitative estimate of drug-likeness (QED) is 0.541. The fraction of sp³-hybridized carbons (Fsp3) is 0.545. The van der Waals surface area contributed by atoms with Gasteiger partial charge in [-0.25, -0.2) is 4.99 Å². The highest BCUT2D eigenvalue weighted by Gasteiger charge is 2.36. The first-order valence-electron chi connectivity index (χ1n) is 6.00. The molecule has 1 aromatic heterocycles. The molecule has 4 unspecified atom stereocenters. The molecule has 5 N–H and O–H groups in total. The predicted molar refractivity (Wildman–Crippen MR) is 77.0 cm³/mol. The van der Waals surface area contributed by atoms with Crippen LogP contribution in [0, 0.1) is 3.57 Å². The molecule has 0 saturated carbocycles. The zero-order chi connectivity index (χ0) is 13.6. The number of aromatic nitrogens is 1. The van der Waals surface area contributed by atoms with Crippen LogP contribution in [-0.2, 0) is 4.74 Å². The van der Waals surface area contributed by atoms with Crippen LogP contribution in [0.1, 0.15) is 24.4 Å². The highest BCUT2D eigenvalue weighted by molar-refractivity contribution is 14.1. The average Bonchev–Trinajstić information content (AvgIpc) is 2.91. The van der Waals surface area contributed by atoms with Crippen molar-refractivity contribution in [3.63, 3.8) is 0 Å². The third-order valence-corrected chi connectivity index (χ3v) is 4.30. The number of hydrogen-bond acceptors (Lipinski definition) is 6. The van der Waals surface area contributed by atoms with Crippen LogP contribution >= 0.6 is 22.6 Å². The summed E-state index contributed by atoms with van der Waals surface area (Å²) in [7, 11) is 0. The van der Waals surface area contributed by atoms with Gasteiger partial charge in [0.2, 0.25) is 0 Å². The second-order valence-electron chi connectivity index (χ2n) is 4.64. The lowest BCUT2D eigenvalue weighted by atomic mass is 10.2. The van der Waals surface area contributed by atoms with Gasteiger partial charge in [-0.15, -0.1) is 0 Å². The Morgan fingerprint density at radius 2 is 2.42 bits per heavy atom. The van der Waals surface area contributed by atoms with Crippen molar-refractivity contribution in [1.82, 2.24) is 9.88 Å². The molecule has 19 heavy (non-hydrogen) atoms. The number of aliphatic hydroxyl groups is 2. The molecule has 4 atom stereocenters. The number of aliphatic hydroxyl groups excluding tert-OH is 2. The van der Waals surface area contributed by atoms with E-state index in [1.807, 2.05) is 10.8 Å². The van der Waals surface area contributed by atoms with Crippen molar-refractivity contribution < 1.29 is 14.9 Å². The van der Waals surface area contributed by atoms with E-state index in [4.69, 9.17) is 15.6 Å². The molecule has 7 nitrogen and oxygen atoms in total. The molecule has 0 aliphatic carbocycles. The lowest BCUT2D eigenvalue weighted by Gasteiger charge is -2.20. The minimum Gasteiger partial charge on any atom is -0.394 e. The molecular formula is C11H15IN4O3. The van der Waals surface area contributed by atoms with Crippen LogP contribution in [0.25, 0.3) is 0 Å². The van der Waals surface area contributed by atoms with Crippen LogP contribution < -0.4 is 11.1 Å². The van der Waals surface area contributed by atoms with Gasteiger partial charge < -0.3 is 30.6 Å². The van der Waals surface area contributed by atoms with Gasteiger partial charge in [-0.2, -0.15) is 0 Å². The Balaban J connectivity index is 1.95. The Morgan fingerprint density at radius 3 is 3.11 bits per heavy atom. The Hall–Kier alpha value is -0.680. The molecule has 3 rings (SSSR count).